The van der Waals surface area contributed by atoms with E-state index in [1.807, 2.05) is 0 Å². The highest BCUT2D eigenvalue weighted by atomic mass is 35.5. The predicted octanol–water partition coefficient (Wildman–Crippen LogP) is 2.77. The second-order valence-electron chi connectivity index (χ2n) is 5.38. The Balaban J connectivity index is 1.88. The Kier molecular flexibility index (Phi) is 3.83. The van der Waals surface area contributed by atoms with E-state index >= 15 is 0 Å². The van der Waals surface area contributed by atoms with Crippen LogP contribution in [0.3, 0.4) is 0 Å². The van der Waals surface area contributed by atoms with Crippen molar-refractivity contribution >= 4 is 35.1 Å². The molecule has 23 heavy (non-hydrogen) atoms. The number of fused-ring (bicyclic) bond motifs is 1. The number of ketones is 1. The number of hydrogen-bond acceptors (Lipinski definition) is 4. The van der Waals surface area contributed by atoms with E-state index in [0.717, 1.165) is 0 Å². The highest BCUT2D eigenvalue weighted by Crippen LogP contribution is 2.42. The van der Waals surface area contributed by atoms with Crippen LogP contribution in [0.25, 0.3) is 6.08 Å². The van der Waals surface area contributed by atoms with Crippen LogP contribution in [0.2, 0.25) is 5.02 Å². The zero-order valence-electron chi connectivity index (χ0n) is 12.3. The zero-order chi connectivity index (χ0) is 16.6. The summed E-state index contributed by atoms with van der Waals surface area (Å²) in [7, 11) is 1.55. The SMILES string of the molecule is CN1C(=O)[C@](O)(CC(=O)/C=C\c2ccco2)c2cc(Cl)ccc21. The third-order valence-corrected chi connectivity index (χ3v) is 4.07. The van der Waals surface area contributed by atoms with Gasteiger partial charge in [0, 0.05) is 17.6 Å². The minimum atomic E-state index is -1.90. The van der Waals surface area contributed by atoms with Crippen LogP contribution in [-0.4, -0.2) is 23.8 Å². The Morgan fingerprint density at radius 1 is 1.43 bits per heavy atom. The molecule has 1 amide bonds. The molecule has 0 aliphatic carbocycles. The van der Waals surface area contributed by atoms with Gasteiger partial charge in [-0.05, 0) is 42.5 Å². The number of anilines is 1. The number of nitrogens with zero attached hydrogens (tertiary/aromatic N) is 1. The lowest BCUT2D eigenvalue weighted by molar-refractivity contribution is -0.140. The van der Waals surface area contributed by atoms with Gasteiger partial charge in [-0.25, -0.2) is 0 Å². The van der Waals surface area contributed by atoms with Crippen molar-refractivity contribution < 1.29 is 19.1 Å². The minimum absolute atomic E-state index is 0.345. The van der Waals surface area contributed by atoms with Gasteiger partial charge in [-0.1, -0.05) is 11.6 Å². The predicted molar refractivity (Wildman–Crippen MR) is 86.1 cm³/mol. The third-order valence-electron chi connectivity index (χ3n) is 3.83. The molecule has 5 nitrogen and oxygen atoms in total. The summed E-state index contributed by atoms with van der Waals surface area (Å²) >= 11 is 5.96. The maximum absolute atomic E-state index is 12.4. The molecule has 6 heteroatoms. The van der Waals surface area contributed by atoms with Crippen LogP contribution in [0.15, 0.2) is 47.1 Å². The van der Waals surface area contributed by atoms with Crippen molar-refractivity contribution in [3.05, 3.63) is 59.0 Å². The average molecular weight is 332 g/mol. The summed E-state index contributed by atoms with van der Waals surface area (Å²) in [6.07, 6.45) is 3.91. The number of rotatable bonds is 4. The molecule has 0 spiro atoms. The topological polar surface area (TPSA) is 70.8 Å². The molecule has 3 rings (SSSR count). The Morgan fingerprint density at radius 3 is 2.91 bits per heavy atom. The molecule has 1 aromatic carbocycles. The number of carbonyl (C=O) groups excluding carboxylic acids is 2. The number of halogens is 1. The van der Waals surface area contributed by atoms with Crippen LogP contribution in [-0.2, 0) is 15.2 Å². The Hall–Kier alpha value is -2.37. The molecule has 0 bridgehead atoms. The molecule has 1 atom stereocenters. The quantitative estimate of drug-likeness (QED) is 0.874. The molecule has 0 radical (unpaired) electrons. The maximum atomic E-state index is 12.4. The number of hydrogen-bond donors (Lipinski definition) is 1. The third kappa shape index (κ3) is 2.69. The normalized spacial score (nSPS) is 20.3. The van der Waals surface area contributed by atoms with Crippen molar-refractivity contribution in [2.24, 2.45) is 0 Å². The number of benzene rings is 1. The van der Waals surface area contributed by atoms with Gasteiger partial charge >= 0.3 is 0 Å². The van der Waals surface area contributed by atoms with Crippen LogP contribution in [0.5, 0.6) is 0 Å². The van der Waals surface area contributed by atoms with Gasteiger partial charge in [0.1, 0.15) is 5.76 Å². The summed E-state index contributed by atoms with van der Waals surface area (Å²) in [5.41, 5.74) is -1.01. The van der Waals surface area contributed by atoms with Gasteiger partial charge in [-0.3, -0.25) is 9.59 Å². The van der Waals surface area contributed by atoms with Crippen molar-refractivity contribution in [1.29, 1.82) is 0 Å². The second kappa shape index (κ2) is 5.68. The van der Waals surface area contributed by atoms with Gasteiger partial charge < -0.3 is 14.4 Å². The Labute approximate surface area is 137 Å². The van der Waals surface area contributed by atoms with E-state index in [-0.39, 0.29) is 6.42 Å². The molecule has 1 aliphatic rings. The van der Waals surface area contributed by atoms with E-state index < -0.39 is 17.3 Å². The lowest BCUT2D eigenvalue weighted by Crippen LogP contribution is -2.40. The van der Waals surface area contributed by atoms with E-state index in [4.69, 9.17) is 16.0 Å². The Morgan fingerprint density at radius 2 is 2.22 bits per heavy atom. The highest BCUT2D eigenvalue weighted by Gasteiger charge is 2.49. The van der Waals surface area contributed by atoms with E-state index in [1.54, 1.807) is 31.3 Å². The van der Waals surface area contributed by atoms with Crippen LogP contribution in [0.1, 0.15) is 17.7 Å². The molecule has 0 fully saturated rings. The van der Waals surface area contributed by atoms with Crippen LogP contribution >= 0.6 is 11.6 Å². The molecule has 1 aromatic heterocycles. The molecule has 2 heterocycles. The van der Waals surface area contributed by atoms with Crippen molar-refractivity contribution in [3.63, 3.8) is 0 Å². The summed E-state index contributed by atoms with van der Waals surface area (Å²) in [6.45, 7) is 0. The molecular formula is C17H14ClNO4. The Bertz CT molecular complexity index is 797. The largest absolute Gasteiger partial charge is 0.465 e. The van der Waals surface area contributed by atoms with Crippen LogP contribution in [0.4, 0.5) is 5.69 Å². The van der Waals surface area contributed by atoms with E-state index in [0.29, 0.717) is 22.0 Å². The van der Waals surface area contributed by atoms with E-state index in [2.05, 4.69) is 0 Å². The van der Waals surface area contributed by atoms with Gasteiger partial charge in [0.05, 0.1) is 18.4 Å². The molecule has 118 valence electrons. The lowest BCUT2D eigenvalue weighted by atomic mass is 9.90. The molecular weight excluding hydrogens is 318 g/mol. The summed E-state index contributed by atoms with van der Waals surface area (Å²) in [5, 5.41) is 11.2. The standard InChI is InChI=1S/C17H14ClNO4/c1-19-15-7-4-11(18)9-14(15)17(22,16(19)21)10-12(20)5-6-13-3-2-8-23-13/h2-9,22H,10H2,1H3/b6-5-/t17-/m0/s1. The average Bonchev–Trinajstić information content (AvgIpc) is 3.09. The minimum Gasteiger partial charge on any atom is -0.465 e. The molecule has 0 unspecified atom stereocenters. The van der Waals surface area contributed by atoms with Crippen LogP contribution in [0, 0.1) is 0 Å². The number of allylic oxidation sites excluding steroid dienone is 1. The van der Waals surface area contributed by atoms with Crippen LogP contribution < -0.4 is 4.90 Å². The number of carbonyl (C=O) groups is 2. The number of furan rings is 1. The first-order valence-electron chi connectivity index (χ1n) is 6.97. The van der Waals surface area contributed by atoms with E-state index in [9.17, 15) is 14.7 Å². The van der Waals surface area contributed by atoms with Gasteiger partial charge in [-0.2, -0.15) is 0 Å². The lowest BCUT2D eigenvalue weighted by Gasteiger charge is -2.20. The summed E-state index contributed by atoms with van der Waals surface area (Å²) in [5.74, 6) is -0.420. The first-order valence-corrected chi connectivity index (χ1v) is 7.34. The van der Waals surface area contributed by atoms with Crippen molar-refractivity contribution in [2.75, 3.05) is 11.9 Å². The molecule has 2 aromatic rings. The van der Waals surface area contributed by atoms with Gasteiger partial charge in [0.25, 0.3) is 5.91 Å². The first kappa shape index (κ1) is 15.5. The second-order valence-corrected chi connectivity index (χ2v) is 5.81. The van der Waals surface area contributed by atoms with E-state index in [1.165, 1.54) is 29.4 Å². The zero-order valence-corrected chi connectivity index (χ0v) is 13.1. The number of aliphatic hydroxyl groups is 1. The molecule has 0 saturated carbocycles. The number of amides is 1. The fourth-order valence-corrected chi connectivity index (χ4v) is 2.85. The first-order chi connectivity index (χ1) is 10.9. The van der Waals surface area contributed by atoms with Gasteiger partial charge in [-0.15, -0.1) is 0 Å². The fraction of sp³-hybridized carbons (Fsp3) is 0.176. The van der Waals surface area contributed by atoms with Crippen molar-refractivity contribution in [3.8, 4) is 0 Å². The van der Waals surface area contributed by atoms with Crippen molar-refractivity contribution in [1.82, 2.24) is 0 Å². The highest BCUT2D eigenvalue weighted by molar-refractivity contribution is 6.31. The van der Waals surface area contributed by atoms with Gasteiger partial charge in [0.15, 0.2) is 11.4 Å². The van der Waals surface area contributed by atoms with Gasteiger partial charge in [0.2, 0.25) is 0 Å². The maximum Gasteiger partial charge on any atom is 0.263 e. The molecule has 1 N–H and O–H groups in total. The summed E-state index contributed by atoms with van der Waals surface area (Å²) < 4.78 is 5.10. The summed E-state index contributed by atoms with van der Waals surface area (Å²) in [4.78, 5) is 25.9. The molecule has 1 aliphatic heterocycles. The number of likely N-dealkylation sites (N-methyl/N-ethyl adjacent to an activating group) is 1. The van der Waals surface area contributed by atoms with Crippen molar-refractivity contribution in [2.45, 2.75) is 12.0 Å². The fourth-order valence-electron chi connectivity index (χ4n) is 2.68. The molecule has 0 saturated heterocycles. The summed E-state index contributed by atoms with van der Waals surface area (Å²) in [6, 6.07) is 8.19. The smallest absolute Gasteiger partial charge is 0.263 e. The monoisotopic (exact) mass is 331 g/mol.